The molecule has 2 unspecified atom stereocenters. The first-order valence-electron chi connectivity index (χ1n) is 6.49. The average Bonchev–Trinajstić information content (AvgIpc) is 2.27. The van der Waals surface area contributed by atoms with Gasteiger partial charge in [0.05, 0.1) is 12.7 Å². The van der Waals surface area contributed by atoms with Crippen LogP contribution >= 0.6 is 0 Å². The number of aliphatic hydroxyl groups excluding tert-OH is 2. The fourth-order valence-electron chi connectivity index (χ4n) is 1.49. The van der Waals surface area contributed by atoms with Crippen molar-refractivity contribution in [3.05, 3.63) is 0 Å². The van der Waals surface area contributed by atoms with Crippen LogP contribution in [0.4, 0.5) is 0 Å². The SMILES string of the molecule is CCCCCCCCOC(C)(CO)C(C)O. The molecule has 3 nitrogen and oxygen atoms in total. The molecule has 3 heteroatoms. The third-order valence-corrected chi connectivity index (χ3v) is 3.13. The molecule has 2 N–H and O–H groups in total. The lowest BCUT2D eigenvalue weighted by Gasteiger charge is -2.30. The van der Waals surface area contributed by atoms with Gasteiger partial charge in [-0.1, -0.05) is 39.0 Å². The van der Waals surface area contributed by atoms with Gasteiger partial charge in [-0.3, -0.25) is 0 Å². The molecule has 0 aliphatic heterocycles. The first-order chi connectivity index (χ1) is 7.56. The number of unbranched alkanes of at least 4 members (excludes halogenated alkanes) is 5. The Morgan fingerprint density at radius 2 is 1.69 bits per heavy atom. The van der Waals surface area contributed by atoms with Crippen molar-refractivity contribution in [2.75, 3.05) is 13.2 Å². The summed E-state index contributed by atoms with van der Waals surface area (Å²) in [5, 5.41) is 18.6. The average molecular weight is 232 g/mol. The zero-order valence-corrected chi connectivity index (χ0v) is 11.0. The summed E-state index contributed by atoms with van der Waals surface area (Å²) in [6.45, 7) is 6.08. The Kier molecular flexibility index (Phi) is 8.90. The van der Waals surface area contributed by atoms with Crippen molar-refractivity contribution in [3.8, 4) is 0 Å². The van der Waals surface area contributed by atoms with Crippen LogP contribution in [0.5, 0.6) is 0 Å². The molecule has 0 heterocycles. The lowest BCUT2D eigenvalue weighted by molar-refractivity contribution is -0.131. The Labute approximate surface area is 99.8 Å². The highest BCUT2D eigenvalue weighted by atomic mass is 16.5. The number of rotatable bonds is 10. The van der Waals surface area contributed by atoms with E-state index in [1.54, 1.807) is 13.8 Å². The maximum Gasteiger partial charge on any atom is 0.114 e. The van der Waals surface area contributed by atoms with Gasteiger partial charge in [0, 0.05) is 6.61 Å². The number of ether oxygens (including phenoxy) is 1. The molecular formula is C13H28O3. The van der Waals surface area contributed by atoms with Crippen LogP contribution < -0.4 is 0 Å². The minimum atomic E-state index is -0.802. The van der Waals surface area contributed by atoms with Crippen molar-refractivity contribution >= 4 is 0 Å². The van der Waals surface area contributed by atoms with Gasteiger partial charge in [-0.25, -0.2) is 0 Å². The predicted molar refractivity (Wildman–Crippen MR) is 66.5 cm³/mol. The predicted octanol–water partition coefficient (Wildman–Crippen LogP) is 2.50. The van der Waals surface area contributed by atoms with E-state index in [9.17, 15) is 5.11 Å². The van der Waals surface area contributed by atoms with Crippen LogP contribution in [0.15, 0.2) is 0 Å². The third kappa shape index (κ3) is 6.46. The molecule has 0 aliphatic carbocycles. The summed E-state index contributed by atoms with van der Waals surface area (Å²) in [4.78, 5) is 0. The Bertz CT molecular complexity index is 159. The maximum atomic E-state index is 9.46. The molecule has 0 aromatic carbocycles. The summed E-state index contributed by atoms with van der Waals surface area (Å²) in [6, 6.07) is 0. The smallest absolute Gasteiger partial charge is 0.114 e. The highest BCUT2D eigenvalue weighted by Gasteiger charge is 2.29. The van der Waals surface area contributed by atoms with Crippen LogP contribution in [0.25, 0.3) is 0 Å². The first-order valence-corrected chi connectivity index (χ1v) is 6.49. The van der Waals surface area contributed by atoms with E-state index in [0.717, 1.165) is 6.42 Å². The van der Waals surface area contributed by atoms with Crippen LogP contribution in [0, 0.1) is 0 Å². The molecule has 0 rings (SSSR count). The lowest BCUT2D eigenvalue weighted by atomic mass is 10.0. The minimum Gasteiger partial charge on any atom is -0.393 e. The molecule has 0 saturated carbocycles. The Balaban J connectivity index is 3.49. The van der Waals surface area contributed by atoms with Gasteiger partial charge in [-0.2, -0.15) is 0 Å². The van der Waals surface area contributed by atoms with Crippen LogP contribution in [0.3, 0.4) is 0 Å². The molecule has 0 aliphatic rings. The van der Waals surface area contributed by atoms with E-state index >= 15 is 0 Å². The topological polar surface area (TPSA) is 49.7 Å². The van der Waals surface area contributed by atoms with E-state index < -0.39 is 11.7 Å². The molecule has 2 atom stereocenters. The van der Waals surface area contributed by atoms with Gasteiger partial charge in [-0.15, -0.1) is 0 Å². The number of hydrogen-bond donors (Lipinski definition) is 2. The Morgan fingerprint density at radius 3 is 2.19 bits per heavy atom. The molecule has 16 heavy (non-hydrogen) atoms. The van der Waals surface area contributed by atoms with Crippen LogP contribution in [-0.4, -0.2) is 35.1 Å². The van der Waals surface area contributed by atoms with E-state index in [1.807, 2.05) is 0 Å². The molecule has 0 spiro atoms. The van der Waals surface area contributed by atoms with Crippen molar-refractivity contribution in [3.63, 3.8) is 0 Å². The zero-order valence-electron chi connectivity index (χ0n) is 11.0. The minimum absolute atomic E-state index is 0.138. The molecular weight excluding hydrogens is 204 g/mol. The summed E-state index contributed by atoms with van der Waals surface area (Å²) < 4.78 is 5.55. The summed E-state index contributed by atoms with van der Waals surface area (Å²) in [5.74, 6) is 0. The number of aliphatic hydroxyl groups is 2. The summed E-state index contributed by atoms with van der Waals surface area (Å²) in [6.07, 6.45) is 6.65. The van der Waals surface area contributed by atoms with Crippen LogP contribution in [0.1, 0.15) is 59.3 Å². The summed E-state index contributed by atoms with van der Waals surface area (Å²) >= 11 is 0. The molecule has 0 aromatic heterocycles. The fourth-order valence-corrected chi connectivity index (χ4v) is 1.49. The zero-order chi connectivity index (χ0) is 12.4. The summed E-state index contributed by atoms with van der Waals surface area (Å²) in [7, 11) is 0. The quantitative estimate of drug-likeness (QED) is 0.569. The van der Waals surface area contributed by atoms with E-state index in [1.165, 1.54) is 32.1 Å². The van der Waals surface area contributed by atoms with E-state index in [4.69, 9.17) is 9.84 Å². The van der Waals surface area contributed by atoms with Gasteiger partial charge in [0.15, 0.2) is 0 Å². The molecule has 0 amide bonds. The van der Waals surface area contributed by atoms with Crippen molar-refractivity contribution in [1.29, 1.82) is 0 Å². The van der Waals surface area contributed by atoms with Gasteiger partial charge in [-0.05, 0) is 20.3 Å². The largest absolute Gasteiger partial charge is 0.393 e. The monoisotopic (exact) mass is 232 g/mol. The second-order valence-electron chi connectivity index (χ2n) is 4.76. The summed E-state index contributed by atoms with van der Waals surface area (Å²) in [5.41, 5.74) is -0.802. The van der Waals surface area contributed by atoms with E-state index in [-0.39, 0.29) is 6.61 Å². The molecule has 0 bridgehead atoms. The Morgan fingerprint density at radius 1 is 1.12 bits per heavy atom. The van der Waals surface area contributed by atoms with Crippen molar-refractivity contribution < 1.29 is 14.9 Å². The molecule has 0 saturated heterocycles. The molecule has 0 aromatic rings. The van der Waals surface area contributed by atoms with Gasteiger partial charge < -0.3 is 14.9 Å². The van der Waals surface area contributed by atoms with Crippen molar-refractivity contribution in [2.45, 2.75) is 71.0 Å². The lowest BCUT2D eigenvalue weighted by Crippen LogP contribution is -2.44. The number of hydrogen-bond acceptors (Lipinski definition) is 3. The van der Waals surface area contributed by atoms with Crippen molar-refractivity contribution in [1.82, 2.24) is 0 Å². The van der Waals surface area contributed by atoms with Gasteiger partial charge in [0.2, 0.25) is 0 Å². The molecule has 0 radical (unpaired) electrons. The third-order valence-electron chi connectivity index (χ3n) is 3.13. The maximum absolute atomic E-state index is 9.46. The first kappa shape index (κ1) is 15.9. The van der Waals surface area contributed by atoms with Gasteiger partial charge in [0.25, 0.3) is 0 Å². The van der Waals surface area contributed by atoms with Crippen LogP contribution in [0.2, 0.25) is 0 Å². The molecule has 98 valence electrons. The van der Waals surface area contributed by atoms with Gasteiger partial charge >= 0.3 is 0 Å². The van der Waals surface area contributed by atoms with Crippen molar-refractivity contribution in [2.24, 2.45) is 0 Å². The second kappa shape index (κ2) is 8.97. The van der Waals surface area contributed by atoms with E-state index in [2.05, 4.69) is 6.92 Å². The highest BCUT2D eigenvalue weighted by molar-refractivity contribution is 4.79. The van der Waals surface area contributed by atoms with Gasteiger partial charge in [0.1, 0.15) is 5.60 Å². The Hall–Kier alpha value is -0.120. The second-order valence-corrected chi connectivity index (χ2v) is 4.76. The highest BCUT2D eigenvalue weighted by Crippen LogP contribution is 2.16. The molecule has 0 fully saturated rings. The normalized spacial score (nSPS) is 17.1. The fraction of sp³-hybridized carbons (Fsp3) is 1.00. The van der Waals surface area contributed by atoms with E-state index in [0.29, 0.717) is 6.61 Å². The standard InChI is InChI=1S/C13H28O3/c1-4-5-6-7-8-9-10-16-13(3,11-14)12(2)15/h12,14-15H,4-11H2,1-3H3. The van der Waals surface area contributed by atoms with Crippen LogP contribution in [-0.2, 0) is 4.74 Å².